The number of benzene rings is 2. The SMILES string of the molecule is Cl.O=C(c1cccc(OCc2ccc(Cl)cc2)c1)N1CCC(NCC2CC2)CC1. The average molecular weight is 435 g/mol. The van der Waals surface area contributed by atoms with Crippen molar-refractivity contribution in [3.05, 3.63) is 64.7 Å². The van der Waals surface area contributed by atoms with E-state index in [9.17, 15) is 4.79 Å². The Morgan fingerprint density at radius 1 is 1.07 bits per heavy atom. The van der Waals surface area contributed by atoms with Crippen molar-refractivity contribution in [1.82, 2.24) is 10.2 Å². The van der Waals surface area contributed by atoms with Crippen LogP contribution in [0.1, 0.15) is 41.6 Å². The number of piperidine rings is 1. The van der Waals surface area contributed by atoms with E-state index in [1.807, 2.05) is 53.4 Å². The fourth-order valence-corrected chi connectivity index (χ4v) is 3.72. The number of rotatable bonds is 7. The van der Waals surface area contributed by atoms with Crippen molar-refractivity contribution < 1.29 is 9.53 Å². The third kappa shape index (κ3) is 6.36. The Hall–Kier alpha value is -1.75. The van der Waals surface area contributed by atoms with E-state index >= 15 is 0 Å². The number of carbonyl (C=O) groups excluding carboxylic acids is 1. The highest BCUT2D eigenvalue weighted by molar-refractivity contribution is 6.30. The Morgan fingerprint density at radius 3 is 2.48 bits per heavy atom. The van der Waals surface area contributed by atoms with Gasteiger partial charge in [0.2, 0.25) is 0 Å². The quantitative estimate of drug-likeness (QED) is 0.670. The van der Waals surface area contributed by atoms with Crippen LogP contribution in [0.2, 0.25) is 5.02 Å². The summed E-state index contributed by atoms with van der Waals surface area (Å²) in [6, 6.07) is 15.6. The van der Waals surface area contributed by atoms with Gasteiger partial charge in [-0.15, -0.1) is 12.4 Å². The zero-order chi connectivity index (χ0) is 19.3. The number of carbonyl (C=O) groups is 1. The Morgan fingerprint density at radius 2 is 1.79 bits per heavy atom. The molecule has 1 saturated carbocycles. The van der Waals surface area contributed by atoms with Crippen LogP contribution in [-0.4, -0.2) is 36.5 Å². The summed E-state index contributed by atoms with van der Waals surface area (Å²) in [4.78, 5) is 14.8. The molecule has 1 aliphatic carbocycles. The lowest BCUT2D eigenvalue weighted by atomic mass is 10.0. The molecule has 0 bridgehead atoms. The average Bonchev–Trinajstić information content (AvgIpc) is 3.56. The standard InChI is InChI=1S/C23H27ClN2O2.ClH/c24-20-8-6-18(7-9-20)16-28-22-3-1-2-19(14-22)23(27)26-12-10-21(11-13-26)25-15-17-4-5-17;/h1-3,6-9,14,17,21,25H,4-5,10-13,15-16H2;1H. The predicted octanol–water partition coefficient (Wildman–Crippen LogP) is 4.95. The molecule has 4 nitrogen and oxygen atoms in total. The van der Waals surface area contributed by atoms with Crippen molar-refractivity contribution >= 4 is 29.9 Å². The molecule has 1 aliphatic heterocycles. The molecule has 2 fully saturated rings. The van der Waals surface area contributed by atoms with Crippen molar-refractivity contribution in [3.63, 3.8) is 0 Å². The van der Waals surface area contributed by atoms with Crippen LogP contribution in [0.3, 0.4) is 0 Å². The summed E-state index contributed by atoms with van der Waals surface area (Å²) in [6.07, 6.45) is 4.82. The van der Waals surface area contributed by atoms with E-state index in [0.717, 1.165) is 44.0 Å². The molecule has 0 spiro atoms. The van der Waals surface area contributed by atoms with Gasteiger partial charge in [0.1, 0.15) is 12.4 Å². The normalized spacial score (nSPS) is 16.9. The maximum atomic E-state index is 12.9. The van der Waals surface area contributed by atoms with E-state index in [2.05, 4.69) is 5.32 Å². The molecule has 2 aliphatic rings. The summed E-state index contributed by atoms with van der Waals surface area (Å²) < 4.78 is 5.86. The summed E-state index contributed by atoms with van der Waals surface area (Å²) in [5.41, 5.74) is 1.74. The summed E-state index contributed by atoms with van der Waals surface area (Å²) in [5.74, 6) is 1.70. The Kier molecular flexibility index (Phi) is 7.82. The van der Waals surface area contributed by atoms with Gasteiger partial charge in [-0.3, -0.25) is 4.79 Å². The van der Waals surface area contributed by atoms with Gasteiger partial charge in [0.15, 0.2) is 0 Å². The van der Waals surface area contributed by atoms with Gasteiger partial charge in [-0.1, -0.05) is 29.8 Å². The summed E-state index contributed by atoms with van der Waals surface area (Å²) in [6.45, 7) is 3.23. The molecular formula is C23H28Cl2N2O2. The fraction of sp³-hybridized carbons (Fsp3) is 0.435. The van der Waals surface area contributed by atoms with Gasteiger partial charge in [0.05, 0.1) is 0 Å². The van der Waals surface area contributed by atoms with Crippen LogP contribution in [0.4, 0.5) is 0 Å². The van der Waals surface area contributed by atoms with Crippen molar-refractivity contribution in [1.29, 1.82) is 0 Å². The van der Waals surface area contributed by atoms with Gasteiger partial charge in [-0.25, -0.2) is 0 Å². The molecule has 1 N–H and O–H groups in total. The van der Waals surface area contributed by atoms with Gasteiger partial charge in [0.25, 0.3) is 5.91 Å². The molecule has 1 amide bonds. The highest BCUT2D eigenvalue weighted by atomic mass is 35.5. The molecule has 1 heterocycles. The van der Waals surface area contributed by atoms with E-state index in [0.29, 0.717) is 29.0 Å². The predicted molar refractivity (Wildman–Crippen MR) is 119 cm³/mol. The van der Waals surface area contributed by atoms with E-state index in [-0.39, 0.29) is 18.3 Å². The van der Waals surface area contributed by atoms with Crippen LogP contribution < -0.4 is 10.1 Å². The van der Waals surface area contributed by atoms with Gasteiger partial charge in [-0.2, -0.15) is 0 Å². The second kappa shape index (κ2) is 10.3. The minimum Gasteiger partial charge on any atom is -0.489 e. The van der Waals surface area contributed by atoms with E-state index in [4.69, 9.17) is 16.3 Å². The van der Waals surface area contributed by atoms with Crippen molar-refractivity contribution in [2.45, 2.75) is 38.3 Å². The van der Waals surface area contributed by atoms with Crippen LogP contribution in [0, 0.1) is 5.92 Å². The molecule has 0 unspecified atom stereocenters. The van der Waals surface area contributed by atoms with Crippen LogP contribution >= 0.6 is 24.0 Å². The Labute approximate surface area is 184 Å². The molecule has 29 heavy (non-hydrogen) atoms. The van der Waals surface area contributed by atoms with E-state index < -0.39 is 0 Å². The molecule has 4 rings (SSSR count). The molecule has 6 heteroatoms. The number of halogens is 2. The third-order valence-corrected chi connectivity index (χ3v) is 5.83. The zero-order valence-corrected chi connectivity index (χ0v) is 18.1. The molecule has 0 atom stereocenters. The van der Waals surface area contributed by atoms with Gasteiger partial charge in [0, 0.05) is 29.7 Å². The first kappa shape index (κ1) is 21.9. The number of nitrogens with zero attached hydrogens (tertiary/aromatic N) is 1. The lowest BCUT2D eigenvalue weighted by Crippen LogP contribution is -2.45. The smallest absolute Gasteiger partial charge is 0.253 e. The lowest BCUT2D eigenvalue weighted by molar-refractivity contribution is 0.0704. The number of hydrogen-bond donors (Lipinski definition) is 1. The minimum atomic E-state index is 0. The van der Waals surface area contributed by atoms with Gasteiger partial charge >= 0.3 is 0 Å². The van der Waals surface area contributed by atoms with Crippen molar-refractivity contribution in [3.8, 4) is 5.75 Å². The molecular weight excluding hydrogens is 407 g/mol. The molecule has 2 aromatic rings. The number of amides is 1. The monoisotopic (exact) mass is 434 g/mol. The number of nitrogens with one attached hydrogen (secondary N) is 1. The van der Waals surface area contributed by atoms with E-state index in [1.54, 1.807) is 0 Å². The summed E-state index contributed by atoms with van der Waals surface area (Å²) in [5, 5.41) is 4.37. The summed E-state index contributed by atoms with van der Waals surface area (Å²) in [7, 11) is 0. The van der Waals surface area contributed by atoms with E-state index in [1.165, 1.54) is 12.8 Å². The largest absolute Gasteiger partial charge is 0.489 e. The minimum absolute atomic E-state index is 0. The van der Waals surface area contributed by atoms with Gasteiger partial charge in [-0.05, 0) is 74.0 Å². The lowest BCUT2D eigenvalue weighted by Gasteiger charge is -2.32. The van der Waals surface area contributed by atoms with Crippen LogP contribution in [0.5, 0.6) is 5.75 Å². The first-order valence-corrected chi connectivity index (χ1v) is 10.5. The van der Waals surface area contributed by atoms with Gasteiger partial charge < -0.3 is 15.0 Å². The number of ether oxygens (including phenoxy) is 1. The highest BCUT2D eigenvalue weighted by Crippen LogP contribution is 2.28. The molecule has 0 radical (unpaired) electrons. The summed E-state index contributed by atoms with van der Waals surface area (Å²) >= 11 is 5.91. The Bertz CT molecular complexity index is 801. The molecule has 0 aromatic heterocycles. The first-order chi connectivity index (χ1) is 13.7. The topological polar surface area (TPSA) is 41.6 Å². The maximum Gasteiger partial charge on any atom is 0.253 e. The third-order valence-electron chi connectivity index (χ3n) is 5.57. The first-order valence-electron chi connectivity index (χ1n) is 10.2. The van der Waals surface area contributed by atoms with Crippen LogP contribution in [-0.2, 0) is 6.61 Å². The zero-order valence-electron chi connectivity index (χ0n) is 16.5. The van der Waals surface area contributed by atoms with Crippen molar-refractivity contribution in [2.24, 2.45) is 5.92 Å². The van der Waals surface area contributed by atoms with Crippen molar-refractivity contribution in [2.75, 3.05) is 19.6 Å². The highest BCUT2D eigenvalue weighted by Gasteiger charge is 2.26. The molecule has 156 valence electrons. The maximum absolute atomic E-state index is 12.9. The number of hydrogen-bond acceptors (Lipinski definition) is 3. The number of likely N-dealkylation sites (tertiary alicyclic amines) is 1. The second-order valence-corrected chi connectivity index (χ2v) is 8.30. The van der Waals surface area contributed by atoms with Crippen LogP contribution in [0.15, 0.2) is 48.5 Å². The van der Waals surface area contributed by atoms with Crippen LogP contribution in [0.25, 0.3) is 0 Å². The second-order valence-electron chi connectivity index (χ2n) is 7.86. The molecule has 1 saturated heterocycles. The fourth-order valence-electron chi connectivity index (χ4n) is 3.59. The molecule has 2 aromatic carbocycles. The Balaban J connectivity index is 0.00000240.